The molecule has 1 saturated heterocycles. The van der Waals surface area contributed by atoms with Gasteiger partial charge < -0.3 is 10.2 Å². The fraction of sp³-hybridized carbons (Fsp3) is 0.750. The van der Waals surface area contributed by atoms with Gasteiger partial charge in [-0.15, -0.1) is 11.3 Å². The van der Waals surface area contributed by atoms with Crippen molar-refractivity contribution in [1.82, 2.24) is 15.2 Å². The predicted octanol–water partition coefficient (Wildman–Crippen LogP) is 1.71. The molecule has 0 bridgehead atoms. The highest BCUT2D eigenvalue weighted by Gasteiger charge is 2.23. The molecule has 1 N–H and O–H groups in total. The van der Waals surface area contributed by atoms with Crippen LogP contribution in [0.25, 0.3) is 0 Å². The maximum Gasteiger partial charge on any atom is 0.0972 e. The number of thiazole rings is 1. The maximum absolute atomic E-state index is 4.76. The Labute approximate surface area is 102 Å². The minimum atomic E-state index is 0.688. The molecule has 2 rings (SSSR count). The first-order valence-corrected chi connectivity index (χ1v) is 6.95. The summed E-state index contributed by atoms with van der Waals surface area (Å²) in [6, 6.07) is 0. The number of likely N-dealkylation sites (N-methyl/N-ethyl adjacent to an activating group) is 1. The van der Waals surface area contributed by atoms with Crippen LogP contribution >= 0.6 is 11.3 Å². The summed E-state index contributed by atoms with van der Waals surface area (Å²) >= 11 is 1.85. The second-order valence-electron chi connectivity index (χ2n) is 4.63. The zero-order valence-corrected chi connectivity index (χ0v) is 11.0. The van der Waals surface area contributed by atoms with Gasteiger partial charge in [-0.1, -0.05) is 0 Å². The van der Waals surface area contributed by atoms with Crippen LogP contribution in [0.4, 0.5) is 0 Å². The Hall–Kier alpha value is -0.450. The zero-order chi connectivity index (χ0) is 11.4. The van der Waals surface area contributed by atoms with Crippen LogP contribution in [0.5, 0.6) is 0 Å². The summed E-state index contributed by atoms with van der Waals surface area (Å²) in [6.45, 7) is 3.49. The minimum absolute atomic E-state index is 0.688. The van der Waals surface area contributed by atoms with Gasteiger partial charge in [-0.2, -0.15) is 0 Å². The van der Waals surface area contributed by atoms with E-state index in [9.17, 15) is 0 Å². The van der Waals surface area contributed by atoms with Gasteiger partial charge in [0.05, 0.1) is 10.7 Å². The molecule has 1 aromatic rings. The lowest BCUT2D eigenvalue weighted by molar-refractivity contribution is 0.411. The first-order valence-electron chi connectivity index (χ1n) is 6.07. The van der Waals surface area contributed by atoms with Gasteiger partial charge in [-0.05, 0) is 46.4 Å². The van der Waals surface area contributed by atoms with Crippen LogP contribution in [0.2, 0.25) is 0 Å². The molecule has 3 nitrogen and oxygen atoms in total. The fourth-order valence-corrected chi connectivity index (χ4v) is 3.19. The van der Waals surface area contributed by atoms with Crippen molar-refractivity contribution in [3.05, 3.63) is 16.1 Å². The minimum Gasteiger partial charge on any atom is -0.320 e. The number of nitrogens with zero attached hydrogens (tertiary/aromatic N) is 2. The molecule has 90 valence electrons. The molecule has 0 aliphatic carbocycles. The van der Waals surface area contributed by atoms with Gasteiger partial charge in [0.1, 0.15) is 0 Å². The Morgan fingerprint density at radius 3 is 3.19 bits per heavy atom. The fourth-order valence-electron chi connectivity index (χ4n) is 2.21. The molecule has 1 aromatic heterocycles. The smallest absolute Gasteiger partial charge is 0.0972 e. The van der Waals surface area contributed by atoms with Crippen LogP contribution in [-0.2, 0) is 6.42 Å². The molecule has 2 heterocycles. The summed E-state index contributed by atoms with van der Waals surface area (Å²) in [7, 11) is 4.20. The molecule has 0 radical (unpaired) electrons. The number of hydrogen-bond acceptors (Lipinski definition) is 4. The van der Waals surface area contributed by atoms with E-state index in [-0.39, 0.29) is 0 Å². The van der Waals surface area contributed by atoms with Crippen molar-refractivity contribution in [3.63, 3.8) is 0 Å². The van der Waals surface area contributed by atoms with Crippen LogP contribution in [-0.4, -0.2) is 43.6 Å². The molecule has 1 unspecified atom stereocenters. The van der Waals surface area contributed by atoms with Crippen molar-refractivity contribution < 1.29 is 0 Å². The Morgan fingerprint density at radius 1 is 1.62 bits per heavy atom. The molecule has 1 fully saturated rings. The van der Waals surface area contributed by atoms with E-state index < -0.39 is 0 Å². The molecular formula is C12H21N3S. The Bertz CT molecular complexity index is 324. The Morgan fingerprint density at radius 2 is 2.50 bits per heavy atom. The Kier molecular flexibility index (Phi) is 4.32. The van der Waals surface area contributed by atoms with Crippen molar-refractivity contribution >= 4 is 11.3 Å². The summed E-state index contributed by atoms with van der Waals surface area (Å²) in [5.41, 5.74) is 1.28. The maximum atomic E-state index is 4.76. The van der Waals surface area contributed by atoms with Crippen LogP contribution < -0.4 is 5.32 Å². The van der Waals surface area contributed by atoms with Crippen molar-refractivity contribution in [2.24, 2.45) is 0 Å². The molecule has 16 heavy (non-hydrogen) atoms. The average molecular weight is 239 g/mol. The molecule has 0 aromatic carbocycles. The van der Waals surface area contributed by atoms with Gasteiger partial charge in [-0.3, -0.25) is 0 Å². The number of likely N-dealkylation sites (tertiary alicyclic amines) is 1. The predicted molar refractivity (Wildman–Crippen MR) is 69.2 cm³/mol. The highest BCUT2D eigenvalue weighted by molar-refractivity contribution is 7.09. The van der Waals surface area contributed by atoms with Crippen LogP contribution in [0, 0.1) is 0 Å². The van der Waals surface area contributed by atoms with E-state index in [4.69, 9.17) is 4.98 Å². The average Bonchev–Trinajstić information content (AvgIpc) is 2.87. The largest absolute Gasteiger partial charge is 0.320 e. The van der Waals surface area contributed by atoms with Gasteiger partial charge >= 0.3 is 0 Å². The van der Waals surface area contributed by atoms with Crippen LogP contribution in [0.15, 0.2) is 5.38 Å². The lowest BCUT2D eigenvalue weighted by atomic mass is 10.1. The molecule has 1 aliphatic rings. The highest BCUT2D eigenvalue weighted by Crippen LogP contribution is 2.28. The highest BCUT2D eigenvalue weighted by atomic mass is 32.1. The van der Waals surface area contributed by atoms with E-state index in [2.05, 4.69) is 22.6 Å². The summed E-state index contributed by atoms with van der Waals surface area (Å²) in [6.07, 6.45) is 3.57. The van der Waals surface area contributed by atoms with Crippen molar-refractivity contribution in [3.8, 4) is 0 Å². The van der Waals surface area contributed by atoms with Crippen LogP contribution in [0.1, 0.15) is 29.5 Å². The SMILES string of the molecule is CNCCCc1csc(C2CCN(C)C2)n1. The van der Waals surface area contributed by atoms with Gasteiger partial charge in [0.2, 0.25) is 0 Å². The van der Waals surface area contributed by atoms with Crippen molar-refractivity contribution in [2.75, 3.05) is 33.7 Å². The van der Waals surface area contributed by atoms with Gasteiger partial charge in [0.15, 0.2) is 0 Å². The van der Waals surface area contributed by atoms with Gasteiger partial charge in [0.25, 0.3) is 0 Å². The van der Waals surface area contributed by atoms with Crippen molar-refractivity contribution in [1.29, 1.82) is 0 Å². The van der Waals surface area contributed by atoms with E-state index in [0.717, 1.165) is 13.0 Å². The second-order valence-corrected chi connectivity index (χ2v) is 5.52. The molecular weight excluding hydrogens is 218 g/mol. The quantitative estimate of drug-likeness (QED) is 0.793. The van der Waals surface area contributed by atoms with Gasteiger partial charge in [-0.25, -0.2) is 4.98 Å². The monoisotopic (exact) mass is 239 g/mol. The van der Waals surface area contributed by atoms with E-state index in [1.807, 2.05) is 18.4 Å². The lowest BCUT2D eigenvalue weighted by Gasteiger charge is -2.06. The first-order chi connectivity index (χ1) is 7.79. The topological polar surface area (TPSA) is 28.2 Å². The zero-order valence-electron chi connectivity index (χ0n) is 10.2. The molecule has 0 amide bonds. The summed E-state index contributed by atoms with van der Waals surface area (Å²) in [5, 5.41) is 6.76. The second kappa shape index (κ2) is 5.75. The number of rotatable bonds is 5. The number of nitrogens with one attached hydrogen (secondary N) is 1. The first kappa shape index (κ1) is 12.0. The summed E-state index contributed by atoms with van der Waals surface area (Å²) < 4.78 is 0. The number of hydrogen-bond donors (Lipinski definition) is 1. The normalized spacial score (nSPS) is 21.8. The third-order valence-electron chi connectivity index (χ3n) is 3.17. The summed E-state index contributed by atoms with van der Waals surface area (Å²) in [5.74, 6) is 0.688. The standard InChI is InChI=1S/C12H21N3S/c1-13-6-3-4-11-9-16-12(14-11)10-5-7-15(2)8-10/h9-10,13H,3-8H2,1-2H3. The summed E-state index contributed by atoms with van der Waals surface area (Å²) in [4.78, 5) is 7.16. The van der Waals surface area contributed by atoms with E-state index in [1.54, 1.807) is 0 Å². The van der Waals surface area contributed by atoms with E-state index in [0.29, 0.717) is 5.92 Å². The van der Waals surface area contributed by atoms with E-state index in [1.165, 1.54) is 36.6 Å². The molecule has 1 atom stereocenters. The molecule has 4 heteroatoms. The van der Waals surface area contributed by atoms with Gasteiger partial charge in [0, 0.05) is 17.8 Å². The number of aromatic nitrogens is 1. The van der Waals surface area contributed by atoms with Crippen molar-refractivity contribution in [2.45, 2.75) is 25.2 Å². The lowest BCUT2D eigenvalue weighted by Crippen LogP contribution is -2.13. The van der Waals surface area contributed by atoms with E-state index >= 15 is 0 Å². The third-order valence-corrected chi connectivity index (χ3v) is 4.23. The van der Waals surface area contributed by atoms with Crippen LogP contribution in [0.3, 0.4) is 0 Å². The molecule has 0 spiro atoms. The molecule has 0 saturated carbocycles. The third kappa shape index (κ3) is 3.03. The Balaban J connectivity index is 1.87. The number of aryl methyl sites for hydroxylation is 1. The molecule has 1 aliphatic heterocycles.